The number of hydrogen-bond acceptors (Lipinski definition) is 3. The second-order valence-electron chi connectivity index (χ2n) is 5.79. The number of aliphatic hydroxyl groups is 1. The topological polar surface area (TPSA) is 49.3 Å². The van der Waals surface area contributed by atoms with E-state index in [1.165, 1.54) is 10.5 Å². The molecule has 0 heterocycles. The van der Waals surface area contributed by atoms with E-state index in [0.717, 1.165) is 24.0 Å². The van der Waals surface area contributed by atoms with Crippen LogP contribution in [0.15, 0.2) is 53.4 Å². The minimum atomic E-state index is -0.470. The van der Waals surface area contributed by atoms with Gasteiger partial charge in [-0.2, -0.15) is 0 Å². The van der Waals surface area contributed by atoms with E-state index in [1.54, 1.807) is 18.8 Å². The molecule has 2 aromatic rings. The second-order valence-corrected chi connectivity index (χ2v) is 6.66. The quantitative estimate of drug-likeness (QED) is 0.551. The lowest BCUT2D eigenvalue weighted by atomic mass is 9.99. The Bertz CT molecular complexity index is 638. The first-order chi connectivity index (χ1) is 11.6. The monoisotopic (exact) mass is 343 g/mol. The number of carbonyl (C=O) groups excluding carboxylic acids is 1. The second kappa shape index (κ2) is 9.50. The van der Waals surface area contributed by atoms with Gasteiger partial charge in [-0.25, -0.2) is 0 Å². The molecule has 4 heteroatoms. The van der Waals surface area contributed by atoms with Crippen molar-refractivity contribution in [2.75, 3.05) is 13.3 Å². The Morgan fingerprint density at radius 3 is 2.17 bits per heavy atom. The lowest BCUT2D eigenvalue weighted by Gasteiger charge is -2.12. The summed E-state index contributed by atoms with van der Waals surface area (Å²) in [4.78, 5) is 12.4. The standard InChI is InChI=1S/C20H25NO2S/c1-21-20(23)6-4-3-5-19(22)17-9-7-15(8-10-17)16-11-13-18(24-2)14-12-16/h7-14,19,22H,3-6H2,1-2H3,(H,21,23)/t19-/m0/s1. The predicted molar refractivity (Wildman–Crippen MR) is 101 cm³/mol. The van der Waals surface area contributed by atoms with Crippen LogP contribution in [0.3, 0.4) is 0 Å². The Morgan fingerprint density at radius 1 is 1.04 bits per heavy atom. The highest BCUT2D eigenvalue weighted by Crippen LogP contribution is 2.26. The zero-order chi connectivity index (χ0) is 17.4. The van der Waals surface area contributed by atoms with Crippen LogP contribution in [0, 0.1) is 0 Å². The van der Waals surface area contributed by atoms with Crippen LogP contribution in [0.5, 0.6) is 0 Å². The maximum atomic E-state index is 11.2. The molecular formula is C20H25NO2S. The molecular weight excluding hydrogens is 318 g/mol. The van der Waals surface area contributed by atoms with Gasteiger partial charge in [-0.1, -0.05) is 42.8 Å². The summed E-state index contributed by atoms with van der Waals surface area (Å²) in [6.07, 6.45) is 4.44. The molecule has 128 valence electrons. The Morgan fingerprint density at radius 2 is 1.62 bits per heavy atom. The number of benzene rings is 2. The van der Waals surface area contributed by atoms with Crippen molar-refractivity contribution in [3.8, 4) is 11.1 Å². The van der Waals surface area contributed by atoms with Crippen molar-refractivity contribution in [1.29, 1.82) is 0 Å². The minimum Gasteiger partial charge on any atom is -0.388 e. The van der Waals surface area contributed by atoms with E-state index in [9.17, 15) is 9.90 Å². The molecule has 2 aromatic carbocycles. The third kappa shape index (κ3) is 5.39. The molecule has 0 aromatic heterocycles. The van der Waals surface area contributed by atoms with Gasteiger partial charge >= 0.3 is 0 Å². The molecule has 0 aliphatic heterocycles. The van der Waals surface area contributed by atoms with Crippen LogP contribution < -0.4 is 5.32 Å². The Hall–Kier alpha value is -1.78. The number of carbonyl (C=O) groups is 1. The number of aliphatic hydroxyl groups excluding tert-OH is 1. The molecule has 0 aliphatic carbocycles. The fraction of sp³-hybridized carbons (Fsp3) is 0.350. The molecule has 2 rings (SSSR count). The van der Waals surface area contributed by atoms with Gasteiger partial charge in [-0.3, -0.25) is 4.79 Å². The molecule has 0 fully saturated rings. The molecule has 24 heavy (non-hydrogen) atoms. The molecule has 1 amide bonds. The summed E-state index contributed by atoms with van der Waals surface area (Å²) in [5.41, 5.74) is 3.26. The van der Waals surface area contributed by atoms with Crippen LogP contribution in [0.4, 0.5) is 0 Å². The largest absolute Gasteiger partial charge is 0.388 e. The maximum Gasteiger partial charge on any atom is 0.219 e. The highest BCUT2D eigenvalue weighted by molar-refractivity contribution is 7.98. The van der Waals surface area contributed by atoms with Gasteiger partial charge in [0.25, 0.3) is 0 Å². The van der Waals surface area contributed by atoms with Crippen LogP contribution in [0.25, 0.3) is 11.1 Å². The van der Waals surface area contributed by atoms with Crippen LogP contribution in [0.1, 0.15) is 37.4 Å². The van der Waals surface area contributed by atoms with Gasteiger partial charge in [0.05, 0.1) is 6.10 Å². The lowest BCUT2D eigenvalue weighted by Crippen LogP contribution is -2.16. The van der Waals surface area contributed by atoms with Gasteiger partial charge in [0.1, 0.15) is 0 Å². The van der Waals surface area contributed by atoms with Crippen molar-refractivity contribution in [2.24, 2.45) is 0 Å². The van der Waals surface area contributed by atoms with Gasteiger partial charge in [-0.05, 0) is 47.9 Å². The van der Waals surface area contributed by atoms with Crippen molar-refractivity contribution in [1.82, 2.24) is 5.32 Å². The molecule has 0 unspecified atom stereocenters. The van der Waals surface area contributed by atoms with E-state index in [0.29, 0.717) is 12.8 Å². The summed E-state index contributed by atoms with van der Waals surface area (Å²) >= 11 is 1.73. The van der Waals surface area contributed by atoms with Crippen LogP contribution in [-0.2, 0) is 4.79 Å². The number of nitrogens with one attached hydrogen (secondary N) is 1. The zero-order valence-corrected chi connectivity index (χ0v) is 15.1. The molecule has 0 spiro atoms. The smallest absolute Gasteiger partial charge is 0.219 e. The Labute approximate surface area is 148 Å². The van der Waals surface area contributed by atoms with Crippen LogP contribution >= 0.6 is 11.8 Å². The number of hydrogen-bond donors (Lipinski definition) is 2. The molecule has 0 bridgehead atoms. The third-order valence-electron chi connectivity index (χ3n) is 4.13. The van der Waals surface area contributed by atoms with Gasteiger partial charge in [0.15, 0.2) is 0 Å². The highest BCUT2D eigenvalue weighted by atomic mass is 32.2. The zero-order valence-electron chi connectivity index (χ0n) is 14.3. The SMILES string of the molecule is CNC(=O)CCCC[C@H](O)c1ccc(-c2ccc(SC)cc2)cc1. The fourth-order valence-corrected chi connectivity index (χ4v) is 3.00. The molecule has 0 saturated heterocycles. The number of amides is 1. The minimum absolute atomic E-state index is 0.0568. The number of thioether (sulfide) groups is 1. The van der Waals surface area contributed by atoms with Gasteiger partial charge < -0.3 is 10.4 Å². The average molecular weight is 343 g/mol. The van der Waals surface area contributed by atoms with Crippen LogP contribution in [-0.4, -0.2) is 24.3 Å². The van der Waals surface area contributed by atoms with E-state index in [1.807, 2.05) is 12.1 Å². The van der Waals surface area contributed by atoms with Gasteiger partial charge in [0.2, 0.25) is 5.91 Å². The summed E-state index contributed by atoms with van der Waals surface area (Å²) in [5, 5.41) is 12.9. The first kappa shape index (κ1) is 18.6. The summed E-state index contributed by atoms with van der Waals surface area (Å²) in [6, 6.07) is 16.6. The summed E-state index contributed by atoms with van der Waals surface area (Å²) in [5.74, 6) is 0.0568. The summed E-state index contributed by atoms with van der Waals surface area (Å²) in [6.45, 7) is 0. The van der Waals surface area contributed by atoms with Gasteiger partial charge in [-0.15, -0.1) is 11.8 Å². The summed E-state index contributed by atoms with van der Waals surface area (Å²) in [7, 11) is 1.65. The van der Waals surface area contributed by atoms with Crippen molar-refractivity contribution in [3.63, 3.8) is 0 Å². The van der Waals surface area contributed by atoms with Crippen molar-refractivity contribution in [3.05, 3.63) is 54.1 Å². The van der Waals surface area contributed by atoms with E-state index in [4.69, 9.17) is 0 Å². The van der Waals surface area contributed by atoms with Crippen LogP contribution in [0.2, 0.25) is 0 Å². The Kier molecular flexibility index (Phi) is 7.35. The van der Waals surface area contributed by atoms with E-state index < -0.39 is 6.10 Å². The van der Waals surface area contributed by atoms with E-state index >= 15 is 0 Å². The van der Waals surface area contributed by atoms with Crippen molar-refractivity contribution in [2.45, 2.75) is 36.7 Å². The molecule has 1 atom stereocenters. The van der Waals surface area contributed by atoms with Crippen molar-refractivity contribution >= 4 is 17.7 Å². The lowest BCUT2D eigenvalue weighted by molar-refractivity contribution is -0.120. The first-order valence-corrected chi connectivity index (χ1v) is 9.49. The number of unbranched alkanes of at least 4 members (excludes halogenated alkanes) is 1. The Balaban J connectivity index is 1.89. The molecule has 0 saturated carbocycles. The molecule has 0 aliphatic rings. The highest BCUT2D eigenvalue weighted by Gasteiger charge is 2.08. The predicted octanol–water partition coefficient (Wildman–Crippen LogP) is 4.42. The number of rotatable bonds is 8. The average Bonchev–Trinajstić information content (AvgIpc) is 2.65. The molecule has 0 radical (unpaired) electrons. The van der Waals surface area contributed by atoms with E-state index in [2.05, 4.69) is 48.0 Å². The summed E-state index contributed by atoms with van der Waals surface area (Å²) < 4.78 is 0. The third-order valence-corrected chi connectivity index (χ3v) is 4.87. The van der Waals surface area contributed by atoms with E-state index in [-0.39, 0.29) is 5.91 Å². The normalized spacial score (nSPS) is 12.0. The van der Waals surface area contributed by atoms with Gasteiger partial charge in [0, 0.05) is 18.4 Å². The van der Waals surface area contributed by atoms with Crippen molar-refractivity contribution < 1.29 is 9.90 Å². The molecule has 3 nitrogen and oxygen atoms in total. The fourth-order valence-electron chi connectivity index (χ4n) is 2.60. The first-order valence-electron chi connectivity index (χ1n) is 8.27. The molecule has 2 N–H and O–H groups in total. The maximum absolute atomic E-state index is 11.2.